The van der Waals surface area contributed by atoms with Gasteiger partial charge >= 0.3 is 6.18 Å². The number of benzene rings is 1. The molecule has 0 aliphatic carbocycles. The van der Waals surface area contributed by atoms with E-state index in [0.717, 1.165) is 19.2 Å². The molecule has 1 aromatic carbocycles. The molecule has 2 aliphatic heterocycles. The number of carbonyl (C=O) groups excluding carboxylic acids is 1. The van der Waals surface area contributed by atoms with E-state index in [4.69, 9.17) is 4.74 Å². The summed E-state index contributed by atoms with van der Waals surface area (Å²) in [6, 6.07) is 0.790. The molecule has 2 aliphatic rings. The van der Waals surface area contributed by atoms with Crippen molar-refractivity contribution in [2.24, 2.45) is 0 Å². The lowest BCUT2D eigenvalue weighted by Crippen LogP contribution is -2.45. The molecule has 0 bridgehead atoms. The van der Waals surface area contributed by atoms with E-state index in [0.29, 0.717) is 18.6 Å². The molecular weight excluding hydrogens is 434 g/mol. The Hall–Kier alpha value is -2.86. The van der Waals surface area contributed by atoms with Crippen molar-refractivity contribution in [2.75, 3.05) is 51.3 Å². The molecule has 1 atom stereocenters. The highest BCUT2D eigenvalue weighted by molar-refractivity contribution is 5.99. The normalized spacial score (nSPS) is 19.2. The van der Waals surface area contributed by atoms with E-state index in [1.807, 2.05) is 17.4 Å². The minimum Gasteiger partial charge on any atom is -0.487 e. The molecule has 2 aromatic rings. The smallest absolute Gasteiger partial charge is 0.402 e. The van der Waals surface area contributed by atoms with Gasteiger partial charge in [0.25, 0.3) is 5.91 Å². The summed E-state index contributed by atoms with van der Waals surface area (Å²) >= 11 is 0. The topological polar surface area (TPSA) is 78.8 Å². The van der Waals surface area contributed by atoms with E-state index in [1.54, 1.807) is 16.9 Å². The van der Waals surface area contributed by atoms with Crippen molar-refractivity contribution in [3.05, 3.63) is 33.9 Å². The first-order valence-electron chi connectivity index (χ1n) is 10.1. The van der Waals surface area contributed by atoms with Gasteiger partial charge in [-0.1, -0.05) is 0 Å². The van der Waals surface area contributed by atoms with Gasteiger partial charge in [-0.05, 0) is 20.0 Å². The number of alkyl halides is 3. The number of piperazine rings is 1. The fraction of sp³-hybridized carbons (Fsp3) is 0.500. The minimum atomic E-state index is -4.54. The second-order valence-electron chi connectivity index (χ2n) is 8.08. The van der Waals surface area contributed by atoms with Gasteiger partial charge in [-0.15, -0.1) is 0 Å². The summed E-state index contributed by atoms with van der Waals surface area (Å²) in [6.07, 6.45) is -3.25. The average molecular weight is 457 g/mol. The van der Waals surface area contributed by atoms with Gasteiger partial charge in [-0.3, -0.25) is 15.0 Å². The van der Waals surface area contributed by atoms with Crippen molar-refractivity contribution in [3.8, 4) is 5.75 Å². The Balaban J connectivity index is 1.78. The number of amides is 1. The van der Waals surface area contributed by atoms with Crippen molar-refractivity contribution in [1.82, 2.24) is 20.3 Å². The second kappa shape index (κ2) is 8.24. The summed E-state index contributed by atoms with van der Waals surface area (Å²) in [7, 11) is 1.98. The summed E-state index contributed by atoms with van der Waals surface area (Å²) in [5.74, 6) is -1.45. The number of carbonyl (C=O) groups is 1. The molecule has 2 N–H and O–H groups in total. The van der Waals surface area contributed by atoms with Gasteiger partial charge in [0.2, 0.25) is 5.43 Å². The Morgan fingerprint density at radius 2 is 1.94 bits per heavy atom. The summed E-state index contributed by atoms with van der Waals surface area (Å²) in [5.41, 5.74) is 3.10. The zero-order valence-electron chi connectivity index (χ0n) is 17.6. The van der Waals surface area contributed by atoms with Gasteiger partial charge in [0.05, 0.1) is 16.9 Å². The molecule has 1 aromatic heterocycles. The van der Waals surface area contributed by atoms with Crippen LogP contribution in [0.5, 0.6) is 5.75 Å². The maximum Gasteiger partial charge on any atom is 0.402 e. The first-order chi connectivity index (χ1) is 15.1. The maximum absolute atomic E-state index is 15.2. The molecule has 12 heteroatoms. The second-order valence-corrected chi connectivity index (χ2v) is 8.08. The van der Waals surface area contributed by atoms with Crippen LogP contribution in [0.3, 0.4) is 0 Å². The highest BCUT2D eigenvalue weighted by Crippen LogP contribution is 2.42. The van der Waals surface area contributed by atoms with Crippen LogP contribution in [-0.2, 0) is 0 Å². The Kier molecular flexibility index (Phi) is 5.76. The molecule has 0 radical (unpaired) electrons. The number of hydrogen-bond acceptors (Lipinski definition) is 6. The fourth-order valence-electron chi connectivity index (χ4n) is 3.99. The van der Waals surface area contributed by atoms with Crippen LogP contribution in [-0.4, -0.2) is 67.9 Å². The van der Waals surface area contributed by atoms with Gasteiger partial charge in [-0.25, -0.2) is 9.82 Å². The molecule has 1 amide bonds. The van der Waals surface area contributed by atoms with Crippen molar-refractivity contribution in [3.63, 3.8) is 0 Å². The third-order valence-electron chi connectivity index (χ3n) is 5.70. The van der Waals surface area contributed by atoms with Crippen molar-refractivity contribution >= 4 is 22.5 Å². The minimum absolute atomic E-state index is 0.0644. The number of rotatable bonds is 4. The lowest BCUT2D eigenvalue weighted by Gasteiger charge is -2.37. The van der Waals surface area contributed by atoms with Crippen LogP contribution in [0.2, 0.25) is 0 Å². The molecular formula is C20H23F4N5O3. The summed E-state index contributed by atoms with van der Waals surface area (Å²) in [4.78, 5) is 29.4. The molecule has 1 fully saturated rings. The largest absolute Gasteiger partial charge is 0.487 e. The van der Waals surface area contributed by atoms with Crippen molar-refractivity contribution in [1.29, 1.82) is 0 Å². The number of nitrogens with one attached hydrogen (secondary N) is 2. The Morgan fingerprint density at radius 1 is 1.25 bits per heavy atom. The van der Waals surface area contributed by atoms with Gasteiger partial charge in [0, 0.05) is 32.4 Å². The van der Waals surface area contributed by atoms with Crippen LogP contribution in [0.15, 0.2) is 17.1 Å². The van der Waals surface area contributed by atoms with Gasteiger partial charge < -0.3 is 19.1 Å². The van der Waals surface area contributed by atoms with Crippen LogP contribution in [0.4, 0.5) is 23.2 Å². The van der Waals surface area contributed by atoms with Crippen molar-refractivity contribution in [2.45, 2.75) is 19.1 Å². The molecule has 0 saturated carbocycles. The van der Waals surface area contributed by atoms with Crippen LogP contribution in [0, 0.1) is 5.82 Å². The zero-order chi connectivity index (χ0) is 23.2. The number of pyridine rings is 1. The molecule has 0 spiro atoms. The number of hydrazine groups is 1. The number of halogens is 4. The van der Waals surface area contributed by atoms with E-state index >= 15 is 4.39 Å². The lowest BCUT2D eigenvalue weighted by atomic mass is 10.0. The van der Waals surface area contributed by atoms with E-state index in [-0.39, 0.29) is 29.5 Å². The van der Waals surface area contributed by atoms with Crippen molar-refractivity contribution < 1.29 is 27.1 Å². The van der Waals surface area contributed by atoms with E-state index in [2.05, 4.69) is 4.90 Å². The van der Waals surface area contributed by atoms with E-state index < -0.39 is 35.4 Å². The molecule has 32 heavy (non-hydrogen) atoms. The Labute approximate surface area is 180 Å². The molecule has 1 unspecified atom stereocenters. The number of anilines is 1. The molecule has 3 heterocycles. The standard InChI is InChI=1S/C20H23F4N5O3/c1-11-9-32-18-15-12(7-14(21)16(18)28-5-3-27(2)4-6-28)17(30)13(8-29(11)15)19(31)26-25-10-20(22,23)24/h7-8,11,25H,3-6,9-10H2,1-2H3,(H,26,31). The van der Waals surface area contributed by atoms with Crippen LogP contribution in [0.25, 0.3) is 10.9 Å². The van der Waals surface area contributed by atoms with Gasteiger partial charge in [0.1, 0.15) is 24.4 Å². The number of hydrogen-bond donors (Lipinski definition) is 2. The quantitative estimate of drug-likeness (QED) is 0.537. The summed E-state index contributed by atoms with van der Waals surface area (Å²) in [5, 5.41) is -0.0644. The number of nitrogens with zero attached hydrogens (tertiary/aromatic N) is 3. The maximum atomic E-state index is 15.2. The van der Waals surface area contributed by atoms with Crippen LogP contribution in [0.1, 0.15) is 23.3 Å². The monoisotopic (exact) mass is 457 g/mol. The number of likely N-dealkylation sites (N-methyl/N-ethyl adjacent to an activating group) is 1. The highest BCUT2D eigenvalue weighted by atomic mass is 19.4. The first-order valence-corrected chi connectivity index (χ1v) is 10.1. The first kappa shape index (κ1) is 22.3. The van der Waals surface area contributed by atoms with Gasteiger partial charge in [0.15, 0.2) is 11.6 Å². The number of aromatic nitrogens is 1. The Morgan fingerprint density at radius 3 is 2.59 bits per heavy atom. The van der Waals surface area contributed by atoms with E-state index in [9.17, 15) is 22.8 Å². The van der Waals surface area contributed by atoms with Crippen LogP contribution < -0.4 is 25.9 Å². The predicted octanol–water partition coefficient (Wildman–Crippen LogP) is 1.64. The molecule has 4 rings (SSSR count). The van der Waals surface area contributed by atoms with Crippen LogP contribution >= 0.6 is 0 Å². The molecule has 174 valence electrons. The molecule has 1 saturated heterocycles. The predicted molar refractivity (Wildman–Crippen MR) is 110 cm³/mol. The average Bonchev–Trinajstić information content (AvgIpc) is 2.72. The highest BCUT2D eigenvalue weighted by Gasteiger charge is 2.31. The number of ether oxygens (including phenoxy) is 1. The molecule has 8 nitrogen and oxygen atoms in total. The third-order valence-corrected chi connectivity index (χ3v) is 5.70. The van der Waals surface area contributed by atoms with Gasteiger partial charge in [-0.2, -0.15) is 13.2 Å². The third kappa shape index (κ3) is 4.11. The fourth-order valence-corrected chi connectivity index (χ4v) is 3.99. The lowest BCUT2D eigenvalue weighted by molar-refractivity contribution is -0.126. The summed E-state index contributed by atoms with van der Waals surface area (Å²) in [6.45, 7) is 3.17. The Bertz CT molecular complexity index is 1110. The van der Waals surface area contributed by atoms with E-state index in [1.165, 1.54) is 6.20 Å². The summed E-state index contributed by atoms with van der Waals surface area (Å²) < 4.78 is 59.7. The zero-order valence-corrected chi connectivity index (χ0v) is 17.6. The SMILES string of the molecule is CC1COc2c(N3CCN(C)CC3)c(F)cc3c(=O)c(C(=O)NNCC(F)(F)F)cn1c23.